The fraction of sp³-hybridized carbons (Fsp3) is 0.0909. The van der Waals surface area contributed by atoms with Gasteiger partial charge in [0.05, 0.1) is 23.7 Å². The molecule has 1 aromatic heterocycles. The lowest BCUT2D eigenvalue weighted by atomic mass is 10.2. The lowest BCUT2D eigenvalue weighted by Gasteiger charge is -2.10. The summed E-state index contributed by atoms with van der Waals surface area (Å²) in [5, 5.41) is 0. The van der Waals surface area contributed by atoms with Gasteiger partial charge >= 0.3 is 5.97 Å². The van der Waals surface area contributed by atoms with E-state index in [0.29, 0.717) is 12.1 Å². The second kappa shape index (κ2) is 6.84. The molecule has 0 saturated carbocycles. The van der Waals surface area contributed by atoms with Crippen molar-refractivity contribution in [2.45, 2.75) is 6.54 Å². The molecule has 0 aliphatic rings. The van der Waals surface area contributed by atoms with Crippen LogP contribution in [0.1, 0.15) is 15.9 Å². The first-order valence-corrected chi connectivity index (χ1v) is 8.44. The van der Waals surface area contributed by atoms with Crippen LogP contribution in [0.3, 0.4) is 0 Å². The third kappa shape index (κ3) is 2.97. The van der Waals surface area contributed by atoms with Crippen LogP contribution in [0.4, 0.5) is 0 Å². The predicted octanol–water partition coefficient (Wildman–Crippen LogP) is 4.54. The number of esters is 1. The smallest absolute Gasteiger partial charge is 0.337 e. The van der Waals surface area contributed by atoms with Gasteiger partial charge < -0.3 is 9.30 Å². The molecule has 0 aliphatic carbocycles. The summed E-state index contributed by atoms with van der Waals surface area (Å²) >= 11 is 0. The molecule has 0 N–H and O–H groups in total. The van der Waals surface area contributed by atoms with Crippen LogP contribution in [0, 0.1) is 0 Å². The van der Waals surface area contributed by atoms with E-state index in [1.54, 1.807) is 12.1 Å². The average Bonchev–Trinajstić information content (AvgIpc) is 3.06. The summed E-state index contributed by atoms with van der Waals surface area (Å²) in [7, 11) is 1.38. The monoisotopic (exact) mass is 342 g/mol. The van der Waals surface area contributed by atoms with Crippen molar-refractivity contribution in [1.82, 2.24) is 9.55 Å². The van der Waals surface area contributed by atoms with E-state index in [1.165, 1.54) is 12.7 Å². The summed E-state index contributed by atoms with van der Waals surface area (Å²) in [5.74, 6) is 0.525. The zero-order chi connectivity index (χ0) is 17.9. The third-order valence-electron chi connectivity index (χ3n) is 4.38. The molecule has 0 unspecified atom stereocenters. The van der Waals surface area contributed by atoms with Gasteiger partial charge in [-0.05, 0) is 23.8 Å². The molecule has 128 valence electrons. The molecule has 0 radical (unpaired) electrons. The Hall–Kier alpha value is -3.40. The van der Waals surface area contributed by atoms with Crippen LogP contribution in [0.25, 0.3) is 22.4 Å². The van der Waals surface area contributed by atoms with Crippen LogP contribution in [0.15, 0.2) is 78.9 Å². The fourth-order valence-corrected chi connectivity index (χ4v) is 3.11. The van der Waals surface area contributed by atoms with E-state index in [2.05, 4.69) is 16.7 Å². The van der Waals surface area contributed by atoms with Crippen molar-refractivity contribution in [3.05, 3.63) is 90.0 Å². The summed E-state index contributed by atoms with van der Waals surface area (Å²) in [6.45, 7) is 0.707. The van der Waals surface area contributed by atoms with Crippen molar-refractivity contribution >= 4 is 17.0 Å². The summed E-state index contributed by atoms with van der Waals surface area (Å²) in [6.07, 6.45) is 0. The number of rotatable bonds is 4. The van der Waals surface area contributed by atoms with Crippen LogP contribution in [0.2, 0.25) is 0 Å². The maximum atomic E-state index is 11.9. The topological polar surface area (TPSA) is 44.1 Å². The lowest BCUT2D eigenvalue weighted by Crippen LogP contribution is -2.03. The van der Waals surface area contributed by atoms with E-state index in [1.807, 2.05) is 54.6 Å². The Labute approximate surface area is 151 Å². The molecular formula is C22H18N2O2. The van der Waals surface area contributed by atoms with E-state index in [-0.39, 0.29) is 5.97 Å². The molecule has 4 aromatic rings. The molecule has 0 saturated heterocycles. The Balaban J connectivity index is 1.89. The number of carbonyl (C=O) groups is 1. The summed E-state index contributed by atoms with van der Waals surface area (Å²) in [6, 6.07) is 25.9. The van der Waals surface area contributed by atoms with E-state index in [0.717, 1.165) is 22.4 Å². The summed E-state index contributed by atoms with van der Waals surface area (Å²) in [5.41, 5.74) is 4.51. The van der Waals surface area contributed by atoms with Crippen LogP contribution in [-0.2, 0) is 11.3 Å². The van der Waals surface area contributed by atoms with Crippen LogP contribution in [0.5, 0.6) is 0 Å². The molecule has 0 fully saturated rings. The van der Waals surface area contributed by atoms with Crippen molar-refractivity contribution < 1.29 is 9.53 Å². The van der Waals surface area contributed by atoms with Gasteiger partial charge in [-0.3, -0.25) is 0 Å². The SMILES string of the molecule is COC(=O)c1ccc2c(c1)nc(-c1ccccc1)n2Cc1ccccc1. The average molecular weight is 342 g/mol. The molecule has 4 heteroatoms. The van der Waals surface area contributed by atoms with E-state index in [4.69, 9.17) is 9.72 Å². The number of nitrogens with zero attached hydrogens (tertiary/aromatic N) is 2. The number of benzene rings is 3. The quantitative estimate of drug-likeness (QED) is 0.512. The van der Waals surface area contributed by atoms with Crippen molar-refractivity contribution in [3.8, 4) is 11.4 Å². The minimum absolute atomic E-state index is 0.356. The van der Waals surface area contributed by atoms with Gasteiger partial charge in [0.2, 0.25) is 0 Å². The number of hydrogen-bond donors (Lipinski definition) is 0. The molecule has 3 aromatic carbocycles. The Morgan fingerprint density at radius 1 is 0.962 bits per heavy atom. The number of methoxy groups -OCH3 is 1. The largest absolute Gasteiger partial charge is 0.465 e. The highest BCUT2D eigenvalue weighted by Gasteiger charge is 2.15. The molecule has 0 spiro atoms. The standard InChI is InChI=1S/C22H18N2O2/c1-26-22(25)18-12-13-20-19(14-18)23-21(17-10-6-3-7-11-17)24(20)15-16-8-4-2-5-9-16/h2-14H,15H2,1H3. The summed E-state index contributed by atoms with van der Waals surface area (Å²) in [4.78, 5) is 16.7. The van der Waals surface area contributed by atoms with E-state index in [9.17, 15) is 4.79 Å². The number of hydrogen-bond acceptors (Lipinski definition) is 3. The van der Waals surface area contributed by atoms with Crippen LogP contribution >= 0.6 is 0 Å². The van der Waals surface area contributed by atoms with E-state index >= 15 is 0 Å². The number of carbonyl (C=O) groups excluding carboxylic acids is 1. The van der Waals surface area contributed by atoms with Gasteiger partial charge in [-0.15, -0.1) is 0 Å². The number of aromatic nitrogens is 2. The van der Waals surface area contributed by atoms with Gasteiger partial charge in [0.15, 0.2) is 0 Å². The highest BCUT2D eigenvalue weighted by molar-refractivity contribution is 5.94. The van der Waals surface area contributed by atoms with Gasteiger partial charge in [-0.25, -0.2) is 9.78 Å². The maximum Gasteiger partial charge on any atom is 0.337 e. The second-order valence-electron chi connectivity index (χ2n) is 6.07. The number of fused-ring (bicyclic) bond motifs is 1. The van der Waals surface area contributed by atoms with Gasteiger partial charge in [0.25, 0.3) is 0 Å². The van der Waals surface area contributed by atoms with E-state index < -0.39 is 0 Å². The third-order valence-corrected chi connectivity index (χ3v) is 4.38. The number of ether oxygens (including phenoxy) is 1. The van der Waals surface area contributed by atoms with Crippen molar-refractivity contribution in [1.29, 1.82) is 0 Å². The fourth-order valence-electron chi connectivity index (χ4n) is 3.11. The zero-order valence-corrected chi connectivity index (χ0v) is 14.4. The van der Waals surface area contributed by atoms with Crippen molar-refractivity contribution in [2.75, 3.05) is 7.11 Å². The second-order valence-corrected chi connectivity index (χ2v) is 6.07. The Bertz CT molecular complexity index is 1050. The normalized spacial score (nSPS) is 10.8. The zero-order valence-electron chi connectivity index (χ0n) is 14.4. The molecule has 4 rings (SSSR count). The molecule has 1 heterocycles. The van der Waals surface area contributed by atoms with Crippen LogP contribution < -0.4 is 0 Å². The first-order valence-electron chi connectivity index (χ1n) is 8.44. The Morgan fingerprint density at radius 2 is 1.65 bits per heavy atom. The highest BCUT2D eigenvalue weighted by atomic mass is 16.5. The van der Waals surface area contributed by atoms with Gasteiger partial charge in [0.1, 0.15) is 5.82 Å². The maximum absolute atomic E-state index is 11.9. The Kier molecular flexibility index (Phi) is 4.23. The predicted molar refractivity (Wildman–Crippen MR) is 102 cm³/mol. The molecular weight excluding hydrogens is 324 g/mol. The summed E-state index contributed by atoms with van der Waals surface area (Å²) < 4.78 is 7.01. The minimum atomic E-state index is -0.356. The first kappa shape index (κ1) is 16.1. The Morgan fingerprint density at radius 3 is 2.35 bits per heavy atom. The highest BCUT2D eigenvalue weighted by Crippen LogP contribution is 2.26. The van der Waals surface area contributed by atoms with Crippen molar-refractivity contribution in [2.24, 2.45) is 0 Å². The molecule has 0 aliphatic heterocycles. The number of imidazole rings is 1. The molecule has 0 amide bonds. The lowest BCUT2D eigenvalue weighted by molar-refractivity contribution is 0.0601. The molecule has 4 nitrogen and oxygen atoms in total. The van der Waals surface area contributed by atoms with Crippen LogP contribution in [-0.4, -0.2) is 22.6 Å². The molecule has 0 bridgehead atoms. The minimum Gasteiger partial charge on any atom is -0.465 e. The first-order chi connectivity index (χ1) is 12.8. The van der Waals surface area contributed by atoms with Crippen molar-refractivity contribution in [3.63, 3.8) is 0 Å². The van der Waals surface area contributed by atoms with Gasteiger partial charge in [0, 0.05) is 12.1 Å². The molecule has 26 heavy (non-hydrogen) atoms. The van der Waals surface area contributed by atoms with Gasteiger partial charge in [-0.2, -0.15) is 0 Å². The van der Waals surface area contributed by atoms with Gasteiger partial charge in [-0.1, -0.05) is 60.7 Å². The molecule has 0 atom stereocenters.